The number of carbonyl (C=O) groups is 2. The number of fused-ring (bicyclic) bond motifs is 1. The minimum absolute atomic E-state index is 0.0107. The van der Waals surface area contributed by atoms with Gasteiger partial charge < -0.3 is 0 Å². The molecule has 0 aliphatic heterocycles. The Balaban J connectivity index is 1.66. The minimum Gasteiger partial charge on any atom is -0.273 e. The van der Waals surface area contributed by atoms with Crippen LogP contribution in [0.3, 0.4) is 0 Å². The number of nitrogens with one attached hydrogen (secondary N) is 2. The lowest BCUT2D eigenvalue weighted by Crippen LogP contribution is -2.42. The van der Waals surface area contributed by atoms with E-state index >= 15 is 0 Å². The topological polar surface area (TPSA) is 101 Å². The summed E-state index contributed by atoms with van der Waals surface area (Å²) in [6, 6.07) is 17.0. The summed E-state index contributed by atoms with van der Waals surface area (Å²) in [6.45, 7) is 0. The molecule has 0 aliphatic rings. The maximum absolute atomic E-state index is 12.2. The monoisotopic (exact) mass is 383 g/mol. The number of hydrazine groups is 1. The Morgan fingerprint density at radius 1 is 1.00 bits per heavy atom. The van der Waals surface area contributed by atoms with Crippen LogP contribution in [-0.4, -0.2) is 16.7 Å². The Bertz CT molecular complexity index is 1050. The molecule has 0 atom stereocenters. The van der Waals surface area contributed by atoms with Crippen LogP contribution in [0.1, 0.15) is 15.9 Å². The molecule has 2 N–H and O–H groups in total. The number of nitrogens with zero attached hydrogens (tertiary/aromatic N) is 1. The molecule has 3 aromatic rings. The van der Waals surface area contributed by atoms with Gasteiger partial charge in [-0.1, -0.05) is 54.1 Å². The lowest BCUT2D eigenvalue weighted by molar-refractivity contribution is -0.384. The Labute approximate surface area is 159 Å². The van der Waals surface area contributed by atoms with Crippen molar-refractivity contribution in [3.63, 3.8) is 0 Å². The molecule has 3 rings (SSSR count). The first-order valence-corrected chi connectivity index (χ1v) is 8.33. The fraction of sp³-hybridized carbons (Fsp3) is 0.0526. The molecule has 136 valence electrons. The number of carbonyl (C=O) groups excluding carboxylic acids is 2. The van der Waals surface area contributed by atoms with Gasteiger partial charge in [-0.05, 0) is 28.5 Å². The zero-order chi connectivity index (χ0) is 19.4. The number of nitro groups is 1. The van der Waals surface area contributed by atoms with Gasteiger partial charge in [0.2, 0.25) is 5.91 Å². The fourth-order valence-electron chi connectivity index (χ4n) is 2.66. The molecule has 0 fully saturated rings. The van der Waals surface area contributed by atoms with Crippen molar-refractivity contribution in [3.05, 3.63) is 86.9 Å². The standard InChI is InChI=1S/C19H14ClN3O4/c20-16-9-8-14(10-17(16)23(26)27)19(25)22-21-18(24)11-13-6-3-5-12-4-1-2-7-15(12)13/h1-10H,11H2,(H,21,24)(H,22,25). The second-order valence-corrected chi connectivity index (χ2v) is 6.15. The number of hydrogen-bond acceptors (Lipinski definition) is 4. The van der Waals surface area contributed by atoms with Gasteiger partial charge in [-0.3, -0.25) is 30.6 Å². The Morgan fingerprint density at radius 2 is 1.74 bits per heavy atom. The van der Waals surface area contributed by atoms with E-state index in [0.717, 1.165) is 22.4 Å². The molecular weight excluding hydrogens is 370 g/mol. The maximum atomic E-state index is 12.2. The van der Waals surface area contributed by atoms with Crippen molar-refractivity contribution in [2.75, 3.05) is 0 Å². The maximum Gasteiger partial charge on any atom is 0.288 e. The molecule has 0 saturated heterocycles. The van der Waals surface area contributed by atoms with Gasteiger partial charge in [-0.25, -0.2) is 0 Å². The van der Waals surface area contributed by atoms with Gasteiger partial charge in [0.25, 0.3) is 11.6 Å². The highest BCUT2D eigenvalue weighted by molar-refractivity contribution is 6.32. The molecule has 0 saturated carbocycles. The van der Waals surface area contributed by atoms with E-state index in [-0.39, 0.29) is 22.7 Å². The van der Waals surface area contributed by atoms with E-state index in [1.54, 1.807) is 0 Å². The van der Waals surface area contributed by atoms with Gasteiger partial charge in [0.15, 0.2) is 0 Å². The summed E-state index contributed by atoms with van der Waals surface area (Å²) in [5.41, 5.74) is 5.01. The van der Waals surface area contributed by atoms with Gasteiger partial charge in [0, 0.05) is 11.6 Å². The van der Waals surface area contributed by atoms with Gasteiger partial charge in [-0.15, -0.1) is 0 Å². The summed E-state index contributed by atoms with van der Waals surface area (Å²) in [5.74, 6) is -1.09. The van der Waals surface area contributed by atoms with Gasteiger partial charge >= 0.3 is 0 Å². The first-order chi connectivity index (χ1) is 13.0. The van der Waals surface area contributed by atoms with Gasteiger partial charge in [0.05, 0.1) is 11.3 Å². The minimum atomic E-state index is -0.682. The predicted octanol–water partition coefficient (Wildman–Crippen LogP) is 3.41. The molecule has 0 spiro atoms. The van der Waals surface area contributed by atoms with Crippen LogP contribution in [-0.2, 0) is 11.2 Å². The first kappa shape index (κ1) is 18.3. The van der Waals surface area contributed by atoms with E-state index < -0.39 is 16.7 Å². The highest BCUT2D eigenvalue weighted by atomic mass is 35.5. The molecule has 8 heteroatoms. The van der Waals surface area contributed by atoms with Crippen LogP contribution < -0.4 is 10.9 Å². The Hall–Kier alpha value is -3.45. The second-order valence-electron chi connectivity index (χ2n) is 5.74. The normalized spacial score (nSPS) is 10.4. The third kappa shape index (κ3) is 4.21. The van der Waals surface area contributed by atoms with Crippen LogP contribution in [0.5, 0.6) is 0 Å². The molecular formula is C19H14ClN3O4. The highest BCUT2D eigenvalue weighted by Gasteiger charge is 2.16. The summed E-state index contributed by atoms with van der Waals surface area (Å²) in [5, 5.41) is 12.8. The lowest BCUT2D eigenvalue weighted by Gasteiger charge is -2.09. The fourth-order valence-corrected chi connectivity index (χ4v) is 2.84. The molecule has 0 heterocycles. The number of hydrogen-bond donors (Lipinski definition) is 2. The lowest BCUT2D eigenvalue weighted by atomic mass is 10.0. The molecule has 0 aromatic heterocycles. The van der Waals surface area contributed by atoms with Crippen molar-refractivity contribution >= 4 is 39.9 Å². The summed E-state index contributed by atoms with van der Waals surface area (Å²) >= 11 is 5.72. The number of halogens is 1. The van der Waals surface area contributed by atoms with Crippen molar-refractivity contribution in [1.82, 2.24) is 10.9 Å². The predicted molar refractivity (Wildman–Crippen MR) is 101 cm³/mol. The molecule has 0 bridgehead atoms. The van der Waals surface area contributed by atoms with Crippen LogP contribution in [0.2, 0.25) is 5.02 Å². The third-order valence-electron chi connectivity index (χ3n) is 3.95. The molecule has 3 aromatic carbocycles. The zero-order valence-electron chi connectivity index (χ0n) is 13.9. The smallest absolute Gasteiger partial charge is 0.273 e. The quantitative estimate of drug-likeness (QED) is 0.532. The van der Waals surface area contributed by atoms with Crippen LogP contribution >= 0.6 is 11.6 Å². The SMILES string of the molecule is O=C(Cc1cccc2ccccc12)NNC(=O)c1ccc(Cl)c([N+](=O)[O-])c1. The molecule has 0 radical (unpaired) electrons. The van der Waals surface area contributed by atoms with Crippen molar-refractivity contribution in [2.24, 2.45) is 0 Å². The highest BCUT2D eigenvalue weighted by Crippen LogP contribution is 2.25. The average molecular weight is 384 g/mol. The summed E-state index contributed by atoms with van der Waals surface area (Å²) in [7, 11) is 0. The van der Waals surface area contributed by atoms with E-state index in [1.165, 1.54) is 12.1 Å². The molecule has 0 aliphatic carbocycles. The van der Waals surface area contributed by atoms with E-state index in [2.05, 4.69) is 10.9 Å². The van der Waals surface area contributed by atoms with E-state index in [0.29, 0.717) is 0 Å². The van der Waals surface area contributed by atoms with E-state index in [4.69, 9.17) is 11.6 Å². The Morgan fingerprint density at radius 3 is 2.52 bits per heavy atom. The third-order valence-corrected chi connectivity index (χ3v) is 4.27. The average Bonchev–Trinajstić information content (AvgIpc) is 2.66. The number of nitro benzene ring substituents is 1. The Kier molecular flexibility index (Phi) is 5.33. The number of amides is 2. The van der Waals surface area contributed by atoms with Crippen molar-refractivity contribution < 1.29 is 14.5 Å². The summed E-state index contributed by atoms with van der Waals surface area (Å²) < 4.78 is 0. The molecule has 27 heavy (non-hydrogen) atoms. The number of rotatable bonds is 4. The molecule has 7 nitrogen and oxygen atoms in total. The second kappa shape index (κ2) is 7.84. The van der Waals surface area contributed by atoms with Crippen LogP contribution in [0.25, 0.3) is 10.8 Å². The van der Waals surface area contributed by atoms with Crippen molar-refractivity contribution in [3.8, 4) is 0 Å². The molecule has 0 unspecified atom stereocenters. The zero-order valence-corrected chi connectivity index (χ0v) is 14.7. The number of benzene rings is 3. The van der Waals surface area contributed by atoms with E-state index in [9.17, 15) is 19.7 Å². The largest absolute Gasteiger partial charge is 0.288 e. The summed E-state index contributed by atoms with van der Waals surface area (Å²) in [6.07, 6.45) is 0.0718. The van der Waals surface area contributed by atoms with Crippen LogP contribution in [0, 0.1) is 10.1 Å². The first-order valence-electron chi connectivity index (χ1n) is 7.95. The van der Waals surface area contributed by atoms with Gasteiger partial charge in [0.1, 0.15) is 5.02 Å². The summed E-state index contributed by atoms with van der Waals surface area (Å²) in [4.78, 5) is 34.5. The van der Waals surface area contributed by atoms with E-state index in [1.807, 2.05) is 42.5 Å². The van der Waals surface area contributed by atoms with Crippen LogP contribution in [0.4, 0.5) is 5.69 Å². The van der Waals surface area contributed by atoms with Crippen LogP contribution in [0.15, 0.2) is 60.7 Å². The van der Waals surface area contributed by atoms with Gasteiger partial charge in [-0.2, -0.15) is 0 Å². The van der Waals surface area contributed by atoms with Crippen molar-refractivity contribution in [2.45, 2.75) is 6.42 Å². The molecule has 2 amide bonds. The van der Waals surface area contributed by atoms with Crippen molar-refractivity contribution in [1.29, 1.82) is 0 Å².